The molecule has 1 aromatic rings. The van der Waals surface area contributed by atoms with Gasteiger partial charge in [0.05, 0.1) is 5.69 Å². The lowest BCUT2D eigenvalue weighted by molar-refractivity contribution is -0.275. The molecule has 0 saturated carbocycles. The molecule has 0 aliphatic heterocycles. The third kappa shape index (κ3) is 2.49. The van der Waals surface area contributed by atoms with Gasteiger partial charge in [-0.05, 0) is 0 Å². The number of hydrogen-bond donors (Lipinski definition) is 2. The average molecular weight is 208 g/mol. The van der Waals surface area contributed by atoms with Crippen LogP contribution in [0.5, 0.6) is 11.5 Å². The highest BCUT2D eigenvalue weighted by atomic mass is 19.4. The first-order chi connectivity index (χ1) is 6.44. The van der Waals surface area contributed by atoms with Gasteiger partial charge in [-0.15, -0.1) is 13.2 Å². The van der Waals surface area contributed by atoms with Crippen LogP contribution in [0.1, 0.15) is 5.69 Å². The minimum absolute atomic E-state index is 0.0493. The van der Waals surface area contributed by atoms with Crippen LogP contribution in [-0.2, 0) is 6.54 Å². The molecule has 0 fully saturated rings. The van der Waals surface area contributed by atoms with Gasteiger partial charge in [0.1, 0.15) is 0 Å². The second-order valence-electron chi connectivity index (χ2n) is 2.36. The molecule has 0 aliphatic rings. The van der Waals surface area contributed by atoms with Crippen molar-refractivity contribution >= 4 is 0 Å². The summed E-state index contributed by atoms with van der Waals surface area (Å²) in [5.74, 6) is -1.39. The van der Waals surface area contributed by atoms with E-state index in [0.717, 1.165) is 12.3 Å². The molecular weight excluding hydrogens is 201 g/mol. The van der Waals surface area contributed by atoms with E-state index in [1.807, 2.05) is 0 Å². The number of pyridine rings is 1. The van der Waals surface area contributed by atoms with E-state index >= 15 is 0 Å². The number of hydrogen-bond acceptors (Lipinski definition) is 4. The van der Waals surface area contributed by atoms with E-state index in [9.17, 15) is 18.3 Å². The van der Waals surface area contributed by atoms with Crippen LogP contribution < -0.4 is 10.5 Å². The van der Waals surface area contributed by atoms with E-state index in [-0.39, 0.29) is 12.2 Å². The van der Waals surface area contributed by atoms with Gasteiger partial charge in [0.25, 0.3) is 0 Å². The molecule has 0 atom stereocenters. The molecule has 1 heterocycles. The molecule has 0 spiro atoms. The van der Waals surface area contributed by atoms with Crippen LogP contribution in [0.15, 0.2) is 12.3 Å². The Morgan fingerprint density at radius 3 is 2.64 bits per heavy atom. The van der Waals surface area contributed by atoms with E-state index in [4.69, 9.17) is 5.73 Å². The van der Waals surface area contributed by atoms with Crippen LogP contribution in [0.2, 0.25) is 0 Å². The topological polar surface area (TPSA) is 68.4 Å². The zero-order valence-corrected chi connectivity index (χ0v) is 6.88. The Hall–Kier alpha value is -1.50. The fourth-order valence-electron chi connectivity index (χ4n) is 0.834. The summed E-state index contributed by atoms with van der Waals surface area (Å²) >= 11 is 0. The number of ether oxygens (including phenoxy) is 1. The van der Waals surface area contributed by atoms with Gasteiger partial charge < -0.3 is 15.6 Å². The zero-order chi connectivity index (χ0) is 10.8. The van der Waals surface area contributed by atoms with Gasteiger partial charge in [-0.2, -0.15) is 0 Å². The number of aromatic hydroxyl groups is 1. The van der Waals surface area contributed by atoms with Crippen molar-refractivity contribution in [3.63, 3.8) is 0 Å². The average Bonchev–Trinajstić information content (AvgIpc) is 2.06. The van der Waals surface area contributed by atoms with E-state index in [2.05, 4.69) is 9.72 Å². The van der Waals surface area contributed by atoms with Crippen LogP contribution >= 0.6 is 0 Å². The van der Waals surface area contributed by atoms with Crippen LogP contribution in [-0.4, -0.2) is 16.5 Å². The number of rotatable bonds is 2. The highest BCUT2D eigenvalue weighted by molar-refractivity contribution is 5.41. The van der Waals surface area contributed by atoms with Gasteiger partial charge in [0.15, 0.2) is 11.5 Å². The van der Waals surface area contributed by atoms with Crippen molar-refractivity contribution in [2.45, 2.75) is 12.9 Å². The van der Waals surface area contributed by atoms with Crippen molar-refractivity contribution in [2.24, 2.45) is 5.73 Å². The van der Waals surface area contributed by atoms with Gasteiger partial charge in [0.2, 0.25) is 0 Å². The SMILES string of the molecule is NCc1nccc(OC(F)(F)F)c1O. The number of nitrogens with two attached hydrogens (primary N) is 1. The van der Waals surface area contributed by atoms with E-state index in [1.165, 1.54) is 0 Å². The van der Waals surface area contributed by atoms with Crippen LogP contribution in [0.25, 0.3) is 0 Å². The molecule has 0 saturated heterocycles. The van der Waals surface area contributed by atoms with Crippen LogP contribution in [0, 0.1) is 0 Å². The maximum absolute atomic E-state index is 11.8. The second-order valence-corrected chi connectivity index (χ2v) is 2.36. The quantitative estimate of drug-likeness (QED) is 0.764. The molecule has 0 unspecified atom stereocenters. The maximum atomic E-state index is 11.8. The first kappa shape index (κ1) is 10.6. The molecule has 3 N–H and O–H groups in total. The highest BCUT2D eigenvalue weighted by Crippen LogP contribution is 2.32. The Morgan fingerprint density at radius 2 is 2.14 bits per heavy atom. The largest absolute Gasteiger partial charge is 0.573 e. The lowest BCUT2D eigenvalue weighted by Gasteiger charge is -2.11. The minimum atomic E-state index is -4.84. The van der Waals surface area contributed by atoms with Crippen molar-refractivity contribution in [1.82, 2.24) is 4.98 Å². The Labute approximate surface area is 77.1 Å². The number of aromatic nitrogens is 1. The smallest absolute Gasteiger partial charge is 0.503 e. The Bertz CT molecular complexity index is 327. The summed E-state index contributed by atoms with van der Waals surface area (Å²) < 4.78 is 38.8. The van der Waals surface area contributed by atoms with Gasteiger partial charge in [-0.25, -0.2) is 0 Å². The molecule has 78 valence electrons. The molecule has 0 amide bonds. The molecule has 14 heavy (non-hydrogen) atoms. The zero-order valence-electron chi connectivity index (χ0n) is 6.88. The lowest BCUT2D eigenvalue weighted by atomic mass is 10.3. The summed E-state index contributed by atoms with van der Waals surface area (Å²) in [6.45, 7) is -0.166. The van der Waals surface area contributed by atoms with Crippen molar-refractivity contribution in [3.05, 3.63) is 18.0 Å². The summed E-state index contributed by atoms with van der Waals surface area (Å²) in [5, 5.41) is 9.18. The standard InChI is InChI=1S/C7H7F3N2O2/c8-7(9,10)14-5-1-2-12-4(3-11)6(5)13/h1-2,13H,3,11H2. The summed E-state index contributed by atoms with van der Waals surface area (Å²) in [5.41, 5.74) is 5.07. The normalized spacial score (nSPS) is 11.4. The van der Waals surface area contributed by atoms with Crippen molar-refractivity contribution in [2.75, 3.05) is 0 Å². The summed E-state index contributed by atoms with van der Waals surface area (Å²) in [7, 11) is 0. The molecule has 7 heteroatoms. The van der Waals surface area contributed by atoms with Crippen LogP contribution in [0.4, 0.5) is 13.2 Å². The molecular formula is C7H7F3N2O2. The molecule has 0 aliphatic carbocycles. The van der Waals surface area contributed by atoms with Gasteiger partial charge >= 0.3 is 6.36 Å². The van der Waals surface area contributed by atoms with Gasteiger partial charge in [0, 0.05) is 18.8 Å². The molecule has 0 radical (unpaired) electrons. The van der Waals surface area contributed by atoms with E-state index < -0.39 is 17.9 Å². The predicted molar refractivity (Wildman–Crippen MR) is 40.5 cm³/mol. The fourth-order valence-corrected chi connectivity index (χ4v) is 0.834. The monoisotopic (exact) mass is 208 g/mol. The molecule has 0 aromatic carbocycles. The first-order valence-corrected chi connectivity index (χ1v) is 3.56. The summed E-state index contributed by atoms with van der Waals surface area (Å²) in [6, 6.07) is 0.905. The molecule has 1 aromatic heterocycles. The van der Waals surface area contributed by atoms with Crippen molar-refractivity contribution < 1.29 is 23.0 Å². The Kier molecular flexibility index (Phi) is 2.80. The second kappa shape index (κ2) is 3.70. The molecule has 1 rings (SSSR count). The van der Waals surface area contributed by atoms with E-state index in [0.29, 0.717) is 0 Å². The third-order valence-corrected chi connectivity index (χ3v) is 1.38. The Morgan fingerprint density at radius 1 is 1.50 bits per heavy atom. The van der Waals surface area contributed by atoms with Crippen LogP contribution in [0.3, 0.4) is 0 Å². The number of alkyl halides is 3. The first-order valence-electron chi connectivity index (χ1n) is 3.56. The predicted octanol–water partition coefficient (Wildman–Crippen LogP) is 1.14. The summed E-state index contributed by atoms with van der Waals surface area (Å²) in [4.78, 5) is 3.57. The molecule has 4 nitrogen and oxygen atoms in total. The minimum Gasteiger partial charge on any atom is -0.503 e. The number of halogens is 3. The van der Waals surface area contributed by atoms with Gasteiger partial charge in [-0.1, -0.05) is 0 Å². The molecule has 0 bridgehead atoms. The summed E-state index contributed by atoms with van der Waals surface area (Å²) in [6.07, 6.45) is -3.77. The number of nitrogens with zero attached hydrogens (tertiary/aromatic N) is 1. The lowest BCUT2D eigenvalue weighted by Crippen LogP contribution is -2.17. The Balaban J connectivity index is 2.98. The third-order valence-electron chi connectivity index (χ3n) is 1.38. The maximum Gasteiger partial charge on any atom is 0.573 e. The van der Waals surface area contributed by atoms with E-state index in [1.54, 1.807) is 0 Å². The highest BCUT2D eigenvalue weighted by Gasteiger charge is 2.32. The fraction of sp³-hybridized carbons (Fsp3) is 0.286. The van der Waals surface area contributed by atoms with Crippen molar-refractivity contribution in [3.8, 4) is 11.5 Å². The van der Waals surface area contributed by atoms with Gasteiger partial charge in [-0.3, -0.25) is 4.98 Å². The van der Waals surface area contributed by atoms with Crippen molar-refractivity contribution in [1.29, 1.82) is 0 Å².